The molecule has 2 amide bonds. The second-order valence-corrected chi connectivity index (χ2v) is 8.93. The predicted molar refractivity (Wildman–Crippen MR) is 112 cm³/mol. The monoisotopic (exact) mass is 378 g/mol. The molecule has 1 saturated heterocycles. The topological polar surface area (TPSA) is 63.4 Å². The summed E-state index contributed by atoms with van der Waals surface area (Å²) in [6.45, 7) is 6.95. The molecule has 4 nitrogen and oxygen atoms in total. The van der Waals surface area contributed by atoms with Gasteiger partial charge in [-0.05, 0) is 36.0 Å². The molecule has 0 aromatic heterocycles. The quantitative estimate of drug-likeness (QED) is 0.873. The highest BCUT2D eigenvalue weighted by molar-refractivity contribution is 5.84. The molecule has 148 valence electrons. The molecule has 2 aromatic carbocycles. The summed E-state index contributed by atoms with van der Waals surface area (Å²) in [5, 5.41) is 0. The van der Waals surface area contributed by atoms with Crippen molar-refractivity contribution in [2.45, 2.75) is 40.0 Å². The lowest BCUT2D eigenvalue weighted by Gasteiger charge is -2.41. The van der Waals surface area contributed by atoms with Gasteiger partial charge in [0.1, 0.15) is 0 Å². The Balaban J connectivity index is 1.78. The van der Waals surface area contributed by atoms with Gasteiger partial charge in [0.05, 0.1) is 5.41 Å². The second-order valence-electron chi connectivity index (χ2n) is 8.93. The highest BCUT2D eigenvalue weighted by Crippen LogP contribution is 2.37. The van der Waals surface area contributed by atoms with E-state index in [4.69, 9.17) is 5.73 Å². The van der Waals surface area contributed by atoms with E-state index >= 15 is 0 Å². The van der Waals surface area contributed by atoms with Crippen LogP contribution in [0.1, 0.15) is 39.2 Å². The highest BCUT2D eigenvalue weighted by atomic mass is 16.2. The molecule has 1 heterocycles. The molecule has 0 bridgehead atoms. The minimum atomic E-state index is -0.593. The maximum absolute atomic E-state index is 12.6. The minimum Gasteiger partial charge on any atom is -0.369 e. The van der Waals surface area contributed by atoms with Crippen LogP contribution in [0.4, 0.5) is 0 Å². The Morgan fingerprint density at radius 2 is 1.57 bits per heavy atom. The van der Waals surface area contributed by atoms with Crippen LogP contribution in [0.25, 0.3) is 11.1 Å². The molecule has 0 radical (unpaired) electrons. The van der Waals surface area contributed by atoms with Crippen molar-refractivity contribution < 1.29 is 9.59 Å². The van der Waals surface area contributed by atoms with Crippen LogP contribution in [0.5, 0.6) is 0 Å². The van der Waals surface area contributed by atoms with Crippen molar-refractivity contribution in [3.8, 4) is 11.1 Å². The Labute approximate surface area is 167 Å². The Hall–Kier alpha value is -2.62. The van der Waals surface area contributed by atoms with Gasteiger partial charge in [-0.3, -0.25) is 9.59 Å². The molecule has 0 spiro atoms. The van der Waals surface area contributed by atoms with Gasteiger partial charge in [-0.1, -0.05) is 75.4 Å². The summed E-state index contributed by atoms with van der Waals surface area (Å²) in [4.78, 5) is 26.9. The Bertz CT molecular complexity index is 844. The van der Waals surface area contributed by atoms with Crippen molar-refractivity contribution in [1.82, 2.24) is 4.90 Å². The molecule has 1 aliphatic rings. The summed E-state index contributed by atoms with van der Waals surface area (Å²) in [5.74, 6) is -0.128. The maximum Gasteiger partial charge on any atom is 0.227 e. The van der Waals surface area contributed by atoms with Crippen molar-refractivity contribution >= 4 is 11.8 Å². The third-order valence-electron chi connectivity index (χ3n) is 5.75. The number of rotatable bonds is 4. The number of hydrogen-bond donors (Lipinski definition) is 1. The van der Waals surface area contributed by atoms with Crippen LogP contribution in [0.2, 0.25) is 0 Å². The number of nitrogens with two attached hydrogens (primary N) is 1. The molecule has 4 heteroatoms. The molecule has 0 saturated carbocycles. The van der Waals surface area contributed by atoms with E-state index in [9.17, 15) is 9.59 Å². The number of piperidine rings is 1. The average Bonchev–Trinajstić information content (AvgIpc) is 2.68. The number of nitrogens with zero attached hydrogens (tertiary/aromatic N) is 1. The van der Waals surface area contributed by atoms with Gasteiger partial charge in [0.15, 0.2) is 0 Å². The number of likely N-dealkylation sites (tertiary alicyclic amines) is 1. The maximum atomic E-state index is 12.6. The summed E-state index contributed by atoms with van der Waals surface area (Å²) < 4.78 is 0. The summed E-state index contributed by atoms with van der Waals surface area (Å²) in [6.07, 6.45) is 1.83. The van der Waals surface area contributed by atoms with Crippen LogP contribution in [0.15, 0.2) is 54.6 Å². The molecule has 3 rings (SSSR count). The van der Waals surface area contributed by atoms with Crippen LogP contribution in [0.3, 0.4) is 0 Å². The third kappa shape index (κ3) is 4.27. The van der Waals surface area contributed by atoms with E-state index in [-0.39, 0.29) is 11.8 Å². The average molecular weight is 379 g/mol. The number of primary amides is 1. The van der Waals surface area contributed by atoms with Crippen LogP contribution in [-0.2, 0) is 16.0 Å². The SMILES string of the molecule is CC(C)(C)C(=O)N1CCC(Cc2cccc(-c3ccccc3)c2)(C(N)=O)CC1. The van der Waals surface area contributed by atoms with Gasteiger partial charge in [-0.15, -0.1) is 0 Å². The van der Waals surface area contributed by atoms with Crippen LogP contribution in [0, 0.1) is 10.8 Å². The summed E-state index contributed by atoms with van der Waals surface area (Å²) in [5.41, 5.74) is 8.26. The lowest BCUT2D eigenvalue weighted by atomic mass is 9.72. The number of hydrogen-bond acceptors (Lipinski definition) is 2. The minimum absolute atomic E-state index is 0.136. The first-order valence-corrected chi connectivity index (χ1v) is 9.95. The van der Waals surface area contributed by atoms with Crippen LogP contribution < -0.4 is 5.73 Å². The molecule has 2 aromatic rings. The number of benzene rings is 2. The molecule has 0 atom stereocenters. The zero-order valence-corrected chi connectivity index (χ0v) is 17.1. The first-order chi connectivity index (χ1) is 13.2. The molecule has 1 fully saturated rings. The van der Waals surface area contributed by atoms with E-state index < -0.39 is 10.8 Å². The number of amides is 2. The van der Waals surface area contributed by atoms with Crippen molar-refractivity contribution in [2.24, 2.45) is 16.6 Å². The smallest absolute Gasteiger partial charge is 0.227 e. The van der Waals surface area contributed by atoms with E-state index in [2.05, 4.69) is 30.3 Å². The van der Waals surface area contributed by atoms with Gasteiger partial charge < -0.3 is 10.6 Å². The Morgan fingerprint density at radius 1 is 0.964 bits per heavy atom. The summed E-state index contributed by atoms with van der Waals surface area (Å²) in [6, 6.07) is 18.5. The Morgan fingerprint density at radius 3 is 2.14 bits per heavy atom. The third-order valence-corrected chi connectivity index (χ3v) is 5.75. The molecule has 2 N–H and O–H groups in total. The van der Waals surface area contributed by atoms with E-state index in [0.29, 0.717) is 32.4 Å². The molecule has 1 aliphatic heterocycles. The number of carbonyl (C=O) groups is 2. The lowest BCUT2D eigenvalue weighted by Crippen LogP contribution is -2.51. The zero-order chi connectivity index (χ0) is 20.4. The molecular formula is C24H30N2O2. The van der Waals surface area contributed by atoms with E-state index in [0.717, 1.165) is 16.7 Å². The van der Waals surface area contributed by atoms with Crippen molar-refractivity contribution in [1.29, 1.82) is 0 Å². The van der Waals surface area contributed by atoms with Crippen molar-refractivity contribution in [2.75, 3.05) is 13.1 Å². The molecule has 0 aliphatic carbocycles. The summed E-state index contributed by atoms with van der Waals surface area (Å²) in [7, 11) is 0. The lowest BCUT2D eigenvalue weighted by molar-refractivity contribution is -0.145. The normalized spacial score (nSPS) is 16.6. The van der Waals surface area contributed by atoms with E-state index in [1.54, 1.807) is 0 Å². The van der Waals surface area contributed by atoms with Gasteiger partial charge in [-0.25, -0.2) is 0 Å². The second kappa shape index (κ2) is 7.78. The van der Waals surface area contributed by atoms with Crippen molar-refractivity contribution in [3.05, 3.63) is 60.2 Å². The fourth-order valence-electron chi connectivity index (χ4n) is 4.00. The largest absolute Gasteiger partial charge is 0.369 e. The first-order valence-electron chi connectivity index (χ1n) is 9.95. The Kier molecular flexibility index (Phi) is 5.59. The fourth-order valence-corrected chi connectivity index (χ4v) is 4.00. The van der Waals surface area contributed by atoms with E-state index in [1.165, 1.54) is 0 Å². The van der Waals surface area contributed by atoms with Crippen LogP contribution in [-0.4, -0.2) is 29.8 Å². The zero-order valence-electron chi connectivity index (χ0n) is 17.1. The van der Waals surface area contributed by atoms with Gasteiger partial charge in [0, 0.05) is 18.5 Å². The molecule has 28 heavy (non-hydrogen) atoms. The molecular weight excluding hydrogens is 348 g/mol. The van der Waals surface area contributed by atoms with Gasteiger partial charge in [-0.2, -0.15) is 0 Å². The van der Waals surface area contributed by atoms with Gasteiger partial charge >= 0.3 is 0 Å². The molecule has 0 unspecified atom stereocenters. The summed E-state index contributed by atoms with van der Waals surface area (Å²) >= 11 is 0. The van der Waals surface area contributed by atoms with Crippen LogP contribution >= 0.6 is 0 Å². The van der Waals surface area contributed by atoms with Gasteiger partial charge in [0.25, 0.3) is 0 Å². The van der Waals surface area contributed by atoms with E-state index in [1.807, 2.05) is 49.9 Å². The van der Waals surface area contributed by atoms with Gasteiger partial charge in [0.2, 0.25) is 11.8 Å². The number of carbonyl (C=O) groups excluding carboxylic acids is 2. The first kappa shape index (κ1) is 20.1. The fraction of sp³-hybridized carbons (Fsp3) is 0.417. The highest BCUT2D eigenvalue weighted by Gasteiger charge is 2.42. The van der Waals surface area contributed by atoms with Crippen molar-refractivity contribution in [3.63, 3.8) is 0 Å². The standard InChI is InChI=1S/C24H30N2O2/c1-23(2,3)22(28)26-14-12-24(13-15-26,21(25)27)17-18-8-7-11-20(16-18)19-9-5-4-6-10-19/h4-11,16H,12-15,17H2,1-3H3,(H2,25,27). The predicted octanol–water partition coefficient (Wildman–Crippen LogP) is 4.04.